The quantitative estimate of drug-likeness (QED) is 0.858. The Morgan fingerprint density at radius 3 is 2.80 bits per heavy atom. The summed E-state index contributed by atoms with van der Waals surface area (Å²) in [6.07, 6.45) is 4.92. The molecule has 0 radical (unpaired) electrons. The summed E-state index contributed by atoms with van der Waals surface area (Å²) in [6.45, 7) is 4.97. The number of ether oxygens (including phenoxy) is 1. The number of nitrogens with zero attached hydrogens (tertiary/aromatic N) is 4. The maximum absolute atomic E-state index is 12.9. The van der Waals surface area contributed by atoms with Gasteiger partial charge in [0.25, 0.3) is 5.91 Å². The molecule has 1 fully saturated rings. The molecule has 6 heteroatoms. The molecule has 4 rings (SSSR count). The molecule has 1 aromatic carbocycles. The summed E-state index contributed by atoms with van der Waals surface area (Å²) in [6, 6.07) is 5.92. The Labute approximate surface area is 148 Å². The van der Waals surface area contributed by atoms with Crippen molar-refractivity contribution < 1.29 is 9.53 Å². The smallest absolute Gasteiger partial charge is 0.257 e. The van der Waals surface area contributed by atoms with Crippen molar-refractivity contribution >= 4 is 5.91 Å². The lowest BCUT2D eigenvalue weighted by Gasteiger charge is -2.25. The van der Waals surface area contributed by atoms with Gasteiger partial charge in [-0.3, -0.25) is 14.4 Å². The molecule has 6 nitrogen and oxygen atoms in total. The van der Waals surface area contributed by atoms with Gasteiger partial charge in [0.15, 0.2) is 0 Å². The maximum Gasteiger partial charge on any atom is 0.257 e. The van der Waals surface area contributed by atoms with E-state index in [1.165, 1.54) is 0 Å². The lowest BCUT2D eigenvalue weighted by atomic mass is 10.1. The third-order valence-electron chi connectivity index (χ3n) is 5.20. The molecule has 2 aliphatic rings. The largest absolute Gasteiger partial charge is 0.486 e. The van der Waals surface area contributed by atoms with Crippen LogP contribution < -0.4 is 4.74 Å². The number of hydrogen-bond acceptors (Lipinski definition) is 4. The number of aryl methyl sites for hydroxylation is 1. The molecular weight excluding hydrogens is 316 g/mol. The van der Waals surface area contributed by atoms with E-state index in [1.807, 2.05) is 49.6 Å². The predicted molar refractivity (Wildman–Crippen MR) is 95.7 cm³/mol. The van der Waals surface area contributed by atoms with E-state index in [9.17, 15) is 4.79 Å². The van der Waals surface area contributed by atoms with Gasteiger partial charge < -0.3 is 9.64 Å². The van der Waals surface area contributed by atoms with Crippen LogP contribution in [0.5, 0.6) is 5.75 Å². The van der Waals surface area contributed by atoms with Crippen LogP contribution in [0.4, 0.5) is 0 Å². The van der Waals surface area contributed by atoms with E-state index in [2.05, 4.69) is 16.9 Å². The second kappa shape index (κ2) is 6.19. The molecule has 25 heavy (non-hydrogen) atoms. The Morgan fingerprint density at radius 1 is 1.24 bits per heavy atom. The summed E-state index contributed by atoms with van der Waals surface area (Å²) in [4.78, 5) is 17.1. The second-order valence-corrected chi connectivity index (χ2v) is 7.01. The standard InChI is InChI=1S/C19H24N4O2/c1-4-7-23-11-16-18(12-23)25-17-8-13(14-9-20-21(2)10-14)5-6-15(17)19(24)22(16)3/h5-6,8-10,16,18H,4,7,11-12H2,1-3H3. The Bertz CT molecular complexity index is 800. The summed E-state index contributed by atoms with van der Waals surface area (Å²) < 4.78 is 8.11. The number of likely N-dealkylation sites (N-methyl/N-ethyl adjacent to an activating group) is 1. The van der Waals surface area contributed by atoms with E-state index in [4.69, 9.17) is 4.74 Å². The lowest BCUT2D eigenvalue weighted by molar-refractivity contribution is 0.0682. The Kier molecular flexibility index (Phi) is 4.00. The first kappa shape index (κ1) is 16.1. The molecular formula is C19H24N4O2. The zero-order valence-corrected chi connectivity index (χ0v) is 15.0. The van der Waals surface area contributed by atoms with E-state index in [1.54, 1.807) is 4.68 Å². The third-order valence-corrected chi connectivity index (χ3v) is 5.20. The Hall–Kier alpha value is -2.34. The fourth-order valence-electron chi connectivity index (χ4n) is 3.87. The average molecular weight is 340 g/mol. The Balaban J connectivity index is 1.69. The molecule has 0 aliphatic carbocycles. The second-order valence-electron chi connectivity index (χ2n) is 7.01. The number of likely N-dealkylation sites (tertiary alicyclic amines) is 1. The van der Waals surface area contributed by atoms with Crippen LogP contribution in [0.1, 0.15) is 23.7 Å². The van der Waals surface area contributed by atoms with E-state index < -0.39 is 0 Å². The summed E-state index contributed by atoms with van der Waals surface area (Å²) in [5.41, 5.74) is 2.69. The van der Waals surface area contributed by atoms with Crippen LogP contribution in [0.3, 0.4) is 0 Å². The van der Waals surface area contributed by atoms with Crippen LogP contribution in [0.15, 0.2) is 30.6 Å². The molecule has 0 N–H and O–H groups in total. The van der Waals surface area contributed by atoms with Crippen molar-refractivity contribution in [3.8, 4) is 16.9 Å². The molecule has 1 amide bonds. The van der Waals surface area contributed by atoms with Gasteiger partial charge in [-0.1, -0.05) is 13.0 Å². The van der Waals surface area contributed by atoms with Gasteiger partial charge >= 0.3 is 0 Å². The number of fused-ring (bicyclic) bond motifs is 2. The molecule has 132 valence electrons. The van der Waals surface area contributed by atoms with Gasteiger partial charge in [-0.2, -0.15) is 5.10 Å². The molecule has 1 aromatic heterocycles. The van der Waals surface area contributed by atoms with Gasteiger partial charge in [0.05, 0.1) is 17.8 Å². The number of carbonyl (C=O) groups excluding carboxylic acids is 1. The van der Waals surface area contributed by atoms with Crippen molar-refractivity contribution in [2.45, 2.75) is 25.5 Å². The van der Waals surface area contributed by atoms with Crippen molar-refractivity contribution in [2.75, 3.05) is 26.7 Å². The van der Waals surface area contributed by atoms with Gasteiger partial charge in [-0.05, 0) is 30.7 Å². The van der Waals surface area contributed by atoms with Crippen LogP contribution in [-0.2, 0) is 7.05 Å². The van der Waals surface area contributed by atoms with E-state index in [0.717, 1.165) is 37.2 Å². The van der Waals surface area contributed by atoms with Crippen LogP contribution >= 0.6 is 0 Å². The normalized spacial score (nSPS) is 23.2. The molecule has 0 saturated carbocycles. The van der Waals surface area contributed by atoms with Crippen molar-refractivity contribution in [1.82, 2.24) is 19.6 Å². The van der Waals surface area contributed by atoms with Gasteiger partial charge in [-0.15, -0.1) is 0 Å². The third kappa shape index (κ3) is 2.80. The first-order chi connectivity index (χ1) is 12.1. The molecule has 2 unspecified atom stereocenters. The fraction of sp³-hybridized carbons (Fsp3) is 0.474. The zero-order valence-electron chi connectivity index (χ0n) is 15.0. The van der Waals surface area contributed by atoms with Gasteiger partial charge in [0.1, 0.15) is 11.9 Å². The number of aromatic nitrogens is 2. The first-order valence-electron chi connectivity index (χ1n) is 8.86. The summed E-state index contributed by atoms with van der Waals surface area (Å²) in [5.74, 6) is 0.725. The highest BCUT2D eigenvalue weighted by Crippen LogP contribution is 2.34. The maximum atomic E-state index is 12.9. The number of amides is 1. The number of hydrogen-bond donors (Lipinski definition) is 0. The van der Waals surface area contributed by atoms with E-state index in [0.29, 0.717) is 11.3 Å². The lowest BCUT2D eigenvalue weighted by Crippen LogP contribution is -2.44. The van der Waals surface area contributed by atoms with E-state index >= 15 is 0 Å². The molecule has 2 aliphatic heterocycles. The van der Waals surface area contributed by atoms with Crippen LogP contribution in [0.2, 0.25) is 0 Å². The summed E-state index contributed by atoms with van der Waals surface area (Å²) >= 11 is 0. The highest BCUT2D eigenvalue weighted by atomic mass is 16.5. The van der Waals surface area contributed by atoms with Crippen molar-refractivity contribution in [3.05, 3.63) is 36.2 Å². The fourth-order valence-corrected chi connectivity index (χ4v) is 3.87. The highest BCUT2D eigenvalue weighted by Gasteiger charge is 2.41. The minimum absolute atomic E-state index is 0.0194. The van der Waals surface area contributed by atoms with Gasteiger partial charge in [0.2, 0.25) is 0 Å². The van der Waals surface area contributed by atoms with E-state index in [-0.39, 0.29) is 18.1 Å². The molecule has 0 bridgehead atoms. The van der Waals surface area contributed by atoms with Crippen LogP contribution in [-0.4, -0.2) is 64.3 Å². The van der Waals surface area contributed by atoms with Crippen molar-refractivity contribution in [2.24, 2.45) is 7.05 Å². The topological polar surface area (TPSA) is 50.6 Å². The summed E-state index contributed by atoms with van der Waals surface area (Å²) in [7, 11) is 3.79. The Morgan fingerprint density at radius 2 is 2.08 bits per heavy atom. The van der Waals surface area contributed by atoms with Crippen molar-refractivity contribution in [1.29, 1.82) is 0 Å². The van der Waals surface area contributed by atoms with Crippen LogP contribution in [0.25, 0.3) is 11.1 Å². The number of carbonyl (C=O) groups is 1. The minimum atomic E-state index is 0.0194. The van der Waals surface area contributed by atoms with Crippen LogP contribution in [0, 0.1) is 0 Å². The monoisotopic (exact) mass is 340 g/mol. The molecule has 2 aromatic rings. The number of benzene rings is 1. The molecule has 1 saturated heterocycles. The minimum Gasteiger partial charge on any atom is -0.486 e. The predicted octanol–water partition coefficient (Wildman–Crippen LogP) is 2.01. The summed E-state index contributed by atoms with van der Waals surface area (Å²) in [5, 5.41) is 4.23. The van der Waals surface area contributed by atoms with Gasteiger partial charge in [-0.25, -0.2) is 0 Å². The molecule has 0 spiro atoms. The zero-order chi connectivity index (χ0) is 17.6. The highest BCUT2D eigenvalue weighted by molar-refractivity contribution is 5.98. The number of rotatable bonds is 3. The van der Waals surface area contributed by atoms with Gasteiger partial charge in [0, 0.05) is 38.9 Å². The van der Waals surface area contributed by atoms with Crippen molar-refractivity contribution in [3.63, 3.8) is 0 Å². The molecule has 3 heterocycles. The average Bonchev–Trinajstić information content (AvgIpc) is 3.18. The molecule has 2 atom stereocenters. The SMILES string of the molecule is CCCN1CC2Oc3cc(-c4cnn(C)c4)ccc3C(=O)N(C)C2C1. The first-order valence-corrected chi connectivity index (χ1v) is 8.86.